The number of nitrogens with zero attached hydrogens (tertiary/aromatic N) is 1. The van der Waals surface area contributed by atoms with Crippen LogP contribution in [0.3, 0.4) is 0 Å². The van der Waals surface area contributed by atoms with Crippen molar-refractivity contribution in [3.63, 3.8) is 0 Å². The van der Waals surface area contributed by atoms with E-state index in [1.807, 2.05) is 36.5 Å². The molecule has 2 heterocycles. The summed E-state index contributed by atoms with van der Waals surface area (Å²) < 4.78 is 11.7. The maximum Gasteiger partial charge on any atom is 0.137 e. The minimum Gasteiger partial charge on any atom is -0.493 e. The molecule has 23 heavy (non-hydrogen) atoms. The van der Waals surface area contributed by atoms with Crippen LogP contribution in [-0.4, -0.2) is 30.8 Å². The predicted molar refractivity (Wildman–Crippen MR) is 88.9 cm³/mol. The molecule has 120 valence electrons. The Hall–Kier alpha value is -2.07. The van der Waals surface area contributed by atoms with E-state index in [0.717, 1.165) is 31.3 Å². The highest BCUT2D eigenvalue weighted by Gasteiger charge is 2.39. The number of nitrogens with one attached hydrogen (secondary N) is 1. The van der Waals surface area contributed by atoms with Crippen LogP contribution in [-0.2, 0) is 0 Å². The van der Waals surface area contributed by atoms with E-state index in [0.29, 0.717) is 17.9 Å². The number of aromatic nitrogens is 1. The monoisotopic (exact) mass is 310 g/mol. The van der Waals surface area contributed by atoms with Crippen LogP contribution in [0.2, 0.25) is 0 Å². The van der Waals surface area contributed by atoms with Crippen LogP contribution in [0.1, 0.15) is 24.3 Å². The fourth-order valence-electron chi connectivity index (χ4n) is 2.96. The van der Waals surface area contributed by atoms with Crippen LogP contribution in [0.4, 0.5) is 0 Å². The van der Waals surface area contributed by atoms with Crippen molar-refractivity contribution in [2.45, 2.75) is 24.8 Å². The molecule has 1 aromatic heterocycles. The Morgan fingerprint density at radius 1 is 1.04 bits per heavy atom. The lowest BCUT2D eigenvalue weighted by Gasteiger charge is -2.27. The molecule has 2 aliphatic rings. The van der Waals surface area contributed by atoms with Gasteiger partial charge in [-0.3, -0.25) is 4.98 Å². The lowest BCUT2D eigenvalue weighted by atomic mass is 10.1. The van der Waals surface area contributed by atoms with Crippen LogP contribution < -0.4 is 14.8 Å². The van der Waals surface area contributed by atoms with Gasteiger partial charge in [0.25, 0.3) is 0 Å². The molecule has 3 atom stereocenters. The molecule has 1 aromatic carbocycles. The largest absolute Gasteiger partial charge is 0.493 e. The molecule has 1 aliphatic heterocycles. The van der Waals surface area contributed by atoms with E-state index in [1.54, 1.807) is 6.20 Å². The van der Waals surface area contributed by atoms with Crippen molar-refractivity contribution in [2.24, 2.45) is 5.92 Å². The molecular weight excluding hydrogens is 288 g/mol. The second-order valence-electron chi connectivity index (χ2n) is 6.43. The van der Waals surface area contributed by atoms with Crippen LogP contribution >= 0.6 is 0 Å². The average molecular weight is 310 g/mol. The van der Waals surface area contributed by atoms with Gasteiger partial charge in [-0.25, -0.2) is 0 Å². The Labute approximate surface area is 136 Å². The smallest absolute Gasteiger partial charge is 0.137 e. The third kappa shape index (κ3) is 3.64. The first-order valence-corrected chi connectivity index (χ1v) is 8.37. The zero-order valence-corrected chi connectivity index (χ0v) is 13.2. The van der Waals surface area contributed by atoms with Crippen LogP contribution in [0.5, 0.6) is 11.5 Å². The highest BCUT2D eigenvalue weighted by Crippen LogP contribution is 2.47. The molecule has 4 nitrogen and oxygen atoms in total. The van der Waals surface area contributed by atoms with Crippen molar-refractivity contribution in [1.82, 2.24) is 10.3 Å². The summed E-state index contributed by atoms with van der Waals surface area (Å²) >= 11 is 0. The van der Waals surface area contributed by atoms with Gasteiger partial charge in [0, 0.05) is 18.2 Å². The first kappa shape index (κ1) is 14.5. The van der Waals surface area contributed by atoms with Crippen molar-refractivity contribution >= 4 is 0 Å². The first-order chi connectivity index (χ1) is 11.4. The highest BCUT2D eigenvalue weighted by molar-refractivity contribution is 5.30. The quantitative estimate of drug-likeness (QED) is 0.854. The van der Waals surface area contributed by atoms with Crippen LogP contribution in [0.15, 0.2) is 48.8 Å². The van der Waals surface area contributed by atoms with Crippen molar-refractivity contribution < 1.29 is 9.47 Å². The number of hydrogen-bond acceptors (Lipinski definition) is 4. The number of para-hydroxylation sites is 1. The molecule has 0 spiro atoms. The van der Waals surface area contributed by atoms with Crippen molar-refractivity contribution in [2.75, 3.05) is 19.8 Å². The van der Waals surface area contributed by atoms with Crippen molar-refractivity contribution in [3.8, 4) is 11.5 Å². The lowest BCUT2D eigenvalue weighted by Crippen LogP contribution is -2.46. The number of ether oxygens (including phenoxy) is 2. The second kappa shape index (κ2) is 6.59. The van der Waals surface area contributed by atoms with E-state index < -0.39 is 0 Å². The SMILES string of the molecule is c1ccc(OC[C@H]2C[C@@H]2c2cncc(OC[C@@H]3CCN3)c2)cc1. The summed E-state index contributed by atoms with van der Waals surface area (Å²) in [6, 6.07) is 12.7. The molecule has 0 bridgehead atoms. The topological polar surface area (TPSA) is 43.4 Å². The number of pyridine rings is 1. The van der Waals surface area contributed by atoms with Gasteiger partial charge < -0.3 is 14.8 Å². The molecular formula is C19H22N2O2. The summed E-state index contributed by atoms with van der Waals surface area (Å²) in [6.07, 6.45) is 6.14. The summed E-state index contributed by atoms with van der Waals surface area (Å²) in [6.45, 7) is 2.61. The highest BCUT2D eigenvalue weighted by atomic mass is 16.5. The molecule has 1 saturated carbocycles. The molecule has 0 amide bonds. The van der Waals surface area contributed by atoms with Gasteiger partial charge in [0.05, 0.1) is 12.8 Å². The molecule has 1 saturated heterocycles. The Morgan fingerprint density at radius 2 is 1.87 bits per heavy atom. The van der Waals surface area contributed by atoms with E-state index in [1.165, 1.54) is 18.4 Å². The number of benzene rings is 1. The summed E-state index contributed by atoms with van der Waals surface area (Å²) in [5, 5.41) is 3.34. The van der Waals surface area contributed by atoms with Gasteiger partial charge in [-0.1, -0.05) is 18.2 Å². The van der Waals surface area contributed by atoms with Gasteiger partial charge in [-0.05, 0) is 49.1 Å². The van der Waals surface area contributed by atoms with Gasteiger partial charge in [-0.2, -0.15) is 0 Å². The normalized spacial score (nSPS) is 25.5. The minimum absolute atomic E-state index is 0.506. The summed E-state index contributed by atoms with van der Waals surface area (Å²) in [4.78, 5) is 4.33. The van der Waals surface area contributed by atoms with E-state index in [-0.39, 0.29) is 0 Å². The Balaban J connectivity index is 1.29. The fourth-order valence-corrected chi connectivity index (χ4v) is 2.96. The predicted octanol–water partition coefficient (Wildman–Crippen LogP) is 3.00. The first-order valence-electron chi connectivity index (χ1n) is 8.37. The third-order valence-corrected chi connectivity index (χ3v) is 4.67. The van der Waals surface area contributed by atoms with Gasteiger partial charge in [0.1, 0.15) is 18.1 Å². The minimum atomic E-state index is 0.506. The van der Waals surface area contributed by atoms with Crippen LogP contribution in [0, 0.1) is 5.92 Å². The van der Waals surface area contributed by atoms with Crippen LogP contribution in [0.25, 0.3) is 0 Å². The molecule has 2 fully saturated rings. The zero-order valence-electron chi connectivity index (χ0n) is 13.2. The van der Waals surface area contributed by atoms with Gasteiger partial charge in [0.2, 0.25) is 0 Å². The fraction of sp³-hybridized carbons (Fsp3) is 0.421. The summed E-state index contributed by atoms with van der Waals surface area (Å²) in [5.74, 6) is 2.96. The molecule has 1 aliphatic carbocycles. The van der Waals surface area contributed by atoms with Crippen molar-refractivity contribution in [1.29, 1.82) is 0 Å². The summed E-state index contributed by atoms with van der Waals surface area (Å²) in [5.41, 5.74) is 1.27. The molecule has 4 heteroatoms. The van der Waals surface area contributed by atoms with E-state index in [2.05, 4.69) is 16.4 Å². The van der Waals surface area contributed by atoms with Gasteiger partial charge in [0.15, 0.2) is 0 Å². The zero-order chi connectivity index (χ0) is 15.5. The molecule has 0 radical (unpaired) electrons. The lowest BCUT2D eigenvalue weighted by molar-refractivity contribution is 0.216. The Bertz CT molecular complexity index is 643. The maximum absolute atomic E-state index is 5.85. The molecule has 1 N–H and O–H groups in total. The maximum atomic E-state index is 5.85. The standard InChI is InChI=1S/C19H22N2O2/c1-2-4-17(5-3-1)22-12-15-9-19(15)14-8-18(11-20-10-14)23-13-16-6-7-21-16/h1-5,8,10-11,15-16,19,21H,6-7,9,12-13H2/t15-,16+,19-/m1/s1. The molecule has 2 aromatic rings. The van der Waals surface area contributed by atoms with Gasteiger partial charge in [-0.15, -0.1) is 0 Å². The Kier molecular flexibility index (Phi) is 4.16. The van der Waals surface area contributed by atoms with E-state index in [4.69, 9.17) is 9.47 Å². The van der Waals surface area contributed by atoms with E-state index in [9.17, 15) is 0 Å². The Morgan fingerprint density at radius 3 is 2.65 bits per heavy atom. The van der Waals surface area contributed by atoms with Crippen molar-refractivity contribution in [3.05, 3.63) is 54.4 Å². The number of hydrogen-bond donors (Lipinski definition) is 1. The molecule has 4 rings (SSSR count). The number of rotatable bonds is 7. The summed E-state index contributed by atoms with van der Waals surface area (Å²) in [7, 11) is 0. The van der Waals surface area contributed by atoms with Gasteiger partial charge >= 0.3 is 0 Å². The second-order valence-corrected chi connectivity index (χ2v) is 6.43. The van der Waals surface area contributed by atoms with E-state index >= 15 is 0 Å². The average Bonchev–Trinajstić information content (AvgIpc) is 3.33. The third-order valence-electron chi connectivity index (χ3n) is 4.67. The molecule has 0 unspecified atom stereocenters.